The molecule has 1 aliphatic heterocycles. The summed E-state index contributed by atoms with van der Waals surface area (Å²) in [6, 6.07) is 9.70. The van der Waals surface area contributed by atoms with E-state index >= 15 is 0 Å². The Bertz CT molecular complexity index is 426. The zero-order chi connectivity index (χ0) is 14.7. The molecule has 1 fully saturated rings. The Hall–Kier alpha value is -0.470. The van der Waals surface area contributed by atoms with Gasteiger partial charge in [0.2, 0.25) is 0 Å². The van der Waals surface area contributed by atoms with Crippen LogP contribution >= 0.6 is 11.8 Å². The zero-order valence-corrected chi connectivity index (χ0v) is 14.3. The number of benzene rings is 1. The van der Waals surface area contributed by atoms with Crippen molar-refractivity contribution in [3.63, 3.8) is 0 Å². The van der Waals surface area contributed by atoms with Crippen molar-refractivity contribution in [1.29, 1.82) is 0 Å². The van der Waals surface area contributed by atoms with Crippen molar-refractivity contribution in [2.24, 2.45) is 11.8 Å². The number of hydrogen-bond acceptors (Lipinski definition) is 2. The van der Waals surface area contributed by atoms with Crippen LogP contribution in [0.5, 0.6) is 0 Å². The van der Waals surface area contributed by atoms with Gasteiger partial charge < -0.3 is 5.32 Å². The first-order valence-electron chi connectivity index (χ1n) is 8.79. The second-order valence-corrected chi connectivity index (χ2v) is 8.02. The van der Waals surface area contributed by atoms with Crippen molar-refractivity contribution >= 4 is 11.8 Å². The number of rotatable bonds is 5. The first-order chi connectivity index (χ1) is 10.3. The number of nitrogens with one attached hydrogen (secondary N) is 1. The summed E-state index contributed by atoms with van der Waals surface area (Å²) in [6.07, 6.45) is 8.41. The lowest BCUT2D eigenvalue weighted by atomic mass is 9.76. The average Bonchev–Trinajstić information content (AvgIpc) is 2.96. The van der Waals surface area contributed by atoms with Gasteiger partial charge in [0.05, 0.1) is 0 Å². The molecule has 2 atom stereocenters. The Morgan fingerprint density at radius 3 is 2.57 bits per heavy atom. The van der Waals surface area contributed by atoms with E-state index in [-0.39, 0.29) is 0 Å². The molecule has 1 nitrogen and oxygen atoms in total. The molecule has 0 bridgehead atoms. The van der Waals surface area contributed by atoms with Crippen LogP contribution in [0.3, 0.4) is 0 Å². The molecule has 3 rings (SSSR count). The number of hydrogen-bond donors (Lipinski definition) is 1. The number of fused-ring (bicyclic) bond motifs is 1. The zero-order valence-electron chi connectivity index (χ0n) is 13.5. The minimum atomic E-state index is 0.699. The van der Waals surface area contributed by atoms with Gasteiger partial charge in [-0.25, -0.2) is 0 Å². The maximum atomic E-state index is 3.84. The van der Waals surface area contributed by atoms with Gasteiger partial charge in [0.25, 0.3) is 0 Å². The summed E-state index contributed by atoms with van der Waals surface area (Å²) in [7, 11) is 0. The minimum absolute atomic E-state index is 0.699. The molecule has 0 aromatic heterocycles. The lowest BCUT2D eigenvalue weighted by Crippen LogP contribution is -2.45. The van der Waals surface area contributed by atoms with E-state index in [1.165, 1.54) is 43.4 Å². The first kappa shape index (κ1) is 15.4. The van der Waals surface area contributed by atoms with Gasteiger partial charge in [0.1, 0.15) is 0 Å². The average molecular weight is 304 g/mol. The van der Waals surface area contributed by atoms with Gasteiger partial charge >= 0.3 is 0 Å². The molecule has 0 saturated heterocycles. The van der Waals surface area contributed by atoms with Crippen LogP contribution in [-0.2, 0) is 6.42 Å². The molecule has 1 N–H and O–H groups in total. The number of thioether (sulfide) groups is 1. The molecular weight excluding hydrogens is 274 g/mol. The summed E-state index contributed by atoms with van der Waals surface area (Å²) in [5.74, 6) is 1.89. The van der Waals surface area contributed by atoms with Crippen molar-refractivity contribution in [3.05, 3.63) is 29.8 Å². The van der Waals surface area contributed by atoms with E-state index in [0.717, 1.165) is 23.6 Å². The molecule has 2 unspecified atom stereocenters. The van der Waals surface area contributed by atoms with Crippen LogP contribution < -0.4 is 5.32 Å². The summed E-state index contributed by atoms with van der Waals surface area (Å²) < 4.78 is 0. The maximum absolute atomic E-state index is 3.84. The van der Waals surface area contributed by atoms with Gasteiger partial charge in [0.15, 0.2) is 0 Å². The Morgan fingerprint density at radius 2 is 1.90 bits per heavy atom. The van der Waals surface area contributed by atoms with Crippen molar-refractivity contribution in [1.82, 2.24) is 5.32 Å². The van der Waals surface area contributed by atoms with Gasteiger partial charge in [-0.2, -0.15) is 0 Å². The predicted molar refractivity (Wildman–Crippen MR) is 93.0 cm³/mol. The standard InChI is InChI=1S/C19H29NS/c1-3-14-9-11-15(12-10-14)19(20-4-2)18-13-16-7-5-6-8-17(16)21-18/h5-8,14-15,18-20H,3-4,9-13H2,1-2H3. The maximum Gasteiger partial charge on any atom is 0.0291 e. The third kappa shape index (κ3) is 3.48. The van der Waals surface area contributed by atoms with Gasteiger partial charge in [-0.3, -0.25) is 0 Å². The van der Waals surface area contributed by atoms with E-state index in [1.54, 1.807) is 5.56 Å². The SMILES string of the molecule is CCNC(C1CCC(CC)CC1)C1Cc2ccccc2S1. The normalized spacial score (nSPS) is 30.1. The van der Waals surface area contributed by atoms with Crippen molar-refractivity contribution in [2.75, 3.05) is 6.54 Å². The predicted octanol–water partition coefficient (Wildman–Crippen LogP) is 4.90. The Labute approximate surface area is 134 Å². The Kier molecular flexibility index (Phi) is 5.29. The molecule has 116 valence electrons. The van der Waals surface area contributed by atoms with Crippen molar-refractivity contribution in [2.45, 2.75) is 68.6 Å². The highest BCUT2D eigenvalue weighted by atomic mass is 32.2. The quantitative estimate of drug-likeness (QED) is 0.830. The van der Waals surface area contributed by atoms with Crippen LogP contribution in [0.25, 0.3) is 0 Å². The lowest BCUT2D eigenvalue weighted by Gasteiger charge is -2.36. The van der Waals surface area contributed by atoms with Crippen LogP contribution in [0.1, 0.15) is 51.5 Å². The summed E-state index contributed by atoms with van der Waals surface area (Å²) in [5, 5.41) is 4.58. The molecule has 1 aromatic rings. The fourth-order valence-electron chi connectivity index (χ4n) is 4.20. The molecule has 2 aliphatic rings. The van der Waals surface area contributed by atoms with Crippen molar-refractivity contribution in [3.8, 4) is 0 Å². The fourth-order valence-corrected chi connectivity index (χ4v) is 5.72. The molecule has 1 aromatic carbocycles. The lowest BCUT2D eigenvalue weighted by molar-refractivity contribution is 0.216. The second kappa shape index (κ2) is 7.19. The molecule has 0 amide bonds. The Balaban J connectivity index is 1.66. The van der Waals surface area contributed by atoms with Gasteiger partial charge in [-0.15, -0.1) is 11.8 Å². The highest BCUT2D eigenvalue weighted by Gasteiger charge is 2.35. The summed E-state index contributed by atoms with van der Waals surface area (Å²) >= 11 is 2.12. The third-order valence-corrected chi connectivity index (χ3v) is 6.90. The van der Waals surface area contributed by atoms with Crippen LogP contribution in [0.2, 0.25) is 0 Å². The molecule has 0 radical (unpaired) electrons. The van der Waals surface area contributed by atoms with E-state index in [4.69, 9.17) is 0 Å². The second-order valence-electron chi connectivity index (χ2n) is 6.74. The molecule has 1 saturated carbocycles. The van der Waals surface area contributed by atoms with E-state index < -0.39 is 0 Å². The van der Waals surface area contributed by atoms with Gasteiger partial charge in [0, 0.05) is 16.2 Å². The molecule has 0 spiro atoms. The monoisotopic (exact) mass is 303 g/mol. The van der Waals surface area contributed by atoms with E-state index in [1.807, 2.05) is 0 Å². The smallest absolute Gasteiger partial charge is 0.0291 e. The summed E-state index contributed by atoms with van der Waals surface area (Å²) in [6.45, 7) is 5.72. The Morgan fingerprint density at radius 1 is 1.14 bits per heavy atom. The molecule has 1 aliphatic carbocycles. The summed E-state index contributed by atoms with van der Waals surface area (Å²) in [5.41, 5.74) is 1.57. The largest absolute Gasteiger partial charge is 0.313 e. The topological polar surface area (TPSA) is 12.0 Å². The van der Waals surface area contributed by atoms with Crippen LogP contribution in [0.4, 0.5) is 0 Å². The summed E-state index contributed by atoms with van der Waals surface area (Å²) in [4.78, 5) is 1.52. The first-order valence-corrected chi connectivity index (χ1v) is 9.67. The highest BCUT2D eigenvalue weighted by Crippen LogP contribution is 2.42. The third-order valence-electron chi connectivity index (χ3n) is 5.49. The van der Waals surface area contributed by atoms with Crippen LogP contribution in [-0.4, -0.2) is 17.8 Å². The highest BCUT2D eigenvalue weighted by molar-refractivity contribution is 8.00. The molecular formula is C19H29NS. The van der Waals surface area contributed by atoms with E-state index in [9.17, 15) is 0 Å². The van der Waals surface area contributed by atoms with Gasteiger partial charge in [-0.1, -0.05) is 51.3 Å². The molecule has 2 heteroatoms. The molecule has 21 heavy (non-hydrogen) atoms. The molecule has 1 heterocycles. The fraction of sp³-hybridized carbons (Fsp3) is 0.684. The van der Waals surface area contributed by atoms with E-state index in [0.29, 0.717) is 6.04 Å². The van der Waals surface area contributed by atoms with Crippen LogP contribution in [0.15, 0.2) is 29.2 Å². The van der Waals surface area contributed by atoms with E-state index in [2.05, 4.69) is 55.2 Å². The van der Waals surface area contributed by atoms with Crippen LogP contribution in [0, 0.1) is 11.8 Å². The minimum Gasteiger partial charge on any atom is -0.313 e. The van der Waals surface area contributed by atoms with Gasteiger partial charge in [-0.05, 0) is 49.3 Å². The van der Waals surface area contributed by atoms with Crippen molar-refractivity contribution < 1.29 is 0 Å².